The molecular formula is C55H39N3. The lowest BCUT2D eigenvalue weighted by molar-refractivity contribution is 0.769. The van der Waals surface area contributed by atoms with E-state index in [9.17, 15) is 0 Å². The van der Waals surface area contributed by atoms with Gasteiger partial charge in [0.1, 0.15) is 0 Å². The van der Waals surface area contributed by atoms with Gasteiger partial charge < -0.3 is 0 Å². The van der Waals surface area contributed by atoms with Gasteiger partial charge in [0.05, 0.1) is 5.41 Å². The molecule has 1 aliphatic carbocycles. The molecule has 58 heavy (non-hydrogen) atoms. The van der Waals surface area contributed by atoms with Crippen LogP contribution in [0.3, 0.4) is 0 Å². The van der Waals surface area contributed by atoms with Crippen molar-refractivity contribution in [3.63, 3.8) is 0 Å². The van der Waals surface area contributed by atoms with Crippen molar-refractivity contribution in [1.82, 2.24) is 15.0 Å². The lowest BCUT2D eigenvalue weighted by atomic mass is 9.67. The third-order valence-corrected chi connectivity index (χ3v) is 11.5. The molecule has 0 bridgehead atoms. The molecule has 3 heteroatoms. The van der Waals surface area contributed by atoms with Crippen LogP contribution in [0.4, 0.5) is 0 Å². The molecule has 1 heterocycles. The Morgan fingerprint density at radius 3 is 1.67 bits per heavy atom. The Balaban J connectivity index is 1.09. The summed E-state index contributed by atoms with van der Waals surface area (Å²) in [5, 5.41) is 2.31. The smallest absolute Gasteiger partial charge is 0.164 e. The Bertz CT molecular complexity index is 2980. The van der Waals surface area contributed by atoms with Gasteiger partial charge in [-0.15, -0.1) is 0 Å². The maximum Gasteiger partial charge on any atom is 0.164 e. The molecule has 0 radical (unpaired) electrons. The van der Waals surface area contributed by atoms with Gasteiger partial charge in [-0.05, 0) is 91.5 Å². The highest BCUT2D eigenvalue weighted by molar-refractivity contribution is 5.89. The molecule has 0 saturated carbocycles. The number of benzene rings is 8. The second-order valence-electron chi connectivity index (χ2n) is 14.9. The van der Waals surface area contributed by atoms with Gasteiger partial charge in [-0.2, -0.15) is 0 Å². The third kappa shape index (κ3) is 5.96. The molecular weight excluding hydrogens is 703 g/mol. The minimum absolute atomic E-state index is 0.456. The fraction of sp³-hybridized carbons (Fsp3) is 0.0364. The fourth-order valence-corrected chi connectivity index (χ4v) is 8.66. The van der Waals surface area contributed by atoms with Crippen LogP contribution in [0.5, 0.6) is 0 Å². The van der Waals surface area contributed by atoms with E-state index in [0.29, 0.717) is 17.5 Å². The molecule has 9 aromatic rings. The van der Waals surface area contributed by atoms with E-state index in [2.05, 4.69) is 208 Å². The molecule has 3 nitrogen and oxygen atoms in total. The highest BCUT2D eigenvalue weighted by Gasteiger charge is 2.46. The van der Waals surface area contributed by atoms with E-state index in [4.69, 9.17) is 15.0 Å². The quantitative estimate of drug-likeness (QED) is 0.146. The average Bonchev–Trinajstić information content (AvgIpc) is 3.59. The van der Waals surface area contributed by atoms with Crippen LogP contribution in [0.2, 0.25) is 0 Å². The number of fused-ring (bicyclic) bond motifs is 4. The molecule has 1 aliphatic rings. The normalized spacial score (nSPS) is 12.7. The predicted octanol–water partition coefficient (Wildman–Crippen LogP) is 13.6. The minimum Gasteiger partial charge on any atom is -0.208 e. The molecule has 0 unspecified atom stereocenters. The summed E-state index contributed by atoms with van der Waals surface area (Å²) in [7, 11) is 0. The molecule has 0 saturated heterocycles. The van der Waals surface area contributed by atoms with Gasteiger partial charge in [0.2, 0.25) is 0 Å². The van der Waals surface area contributed by atoms with Gasteiger partial charge in [0.15, 0.2) is 17.5 Å². The monoisotopic (exact) mass is 741 g/mol. The first-order valence-electron chi connectivity index (χ1n) is 19.7. The van der Waals surface area contributed by atoms with Gasteiger partial charge in [-0.1, -0.05) is 195 Å². The first-order valence-corrected chi connectivity index (χ1v) is 19.7. The Morgan fingerprint density at radius 2 is 0.966 bits per heavy atom. The maximum absolute atomic E-state index is 5.11. The van der Waals surface area contributed by atoms with Gasteiger partial charge in [-0.25, -0.2) is 15.0 Å². The lowest BCUT2D eigenvalue weighted by Crippen LogP contribution is -2.28. The molecule has 0 amide bonds. The van der Waals surface area contributed by atoms with E-state index < -0.39 is 5.41 Å². The first kappa shape index (κ1) is 35.0. The van der Waals surface area contributed by atoms with Crippen LogP contribution < -0.4 is 0 Å². The zero-order chi connectivity index (χ0) is 39.1. The summed E-state index contributed by atoms with van der Waals surface area (Å²) in [6.07, 6.45) is 5.81. The van der Waals surface area contributed by atoms with Crippen LogP contribution in [0, 0.1) is 6.92 Å². The van der Waals surface area contributed by atoms with Crippen LogP contribution in [0.15, 0.2) is 207 Å². The van der Waals surface area contributed by atoms with E-state index >= 15 is 0 Å². The molecule has 1 aromatic heterocycles. The summed E-state index contributed by atoms with van der Waals surface area (Å²) in [5.74, 6) is 1.89. The van der Waals surface area contributed by atoms with Gasteiger partial charge in [0.25, 0.3) is 0 Å². The van der Waals surface area contributed by atoms with E-state index in [-0.39, 0.29) is 0 Å². The van der Waals surface area contributed by atoms with E-state index in [0.717, 1.165) is 38.8 Å². The summed E-state index contributed by atoms with van der Waals surface area (Å²) in [5.41, 5.74) is 14.5. The standard InChI is InChI=1S/C55H39N3/c1-3-4-15-41-34-44(25-24-37(41)2)53-56-52(57-54(58-53)45-31-28-38-16-11-12-17-42(38)35-45)40-29-26-39(27-30-40)43-32-33-49-48-22-13-14-23-50(48)55(51(49)36-43,46-18-7-5-8-19-46)47-20-9-6-10-21-47/h3-36H,1H2,2H3/b15-4-. The molecule has 274 valence electrons. The van der Waals surface area contributed by atoms with E-state index in [1.54, 1.807) is 6.08 Å². The number of hydrogen-bond acceptors (Lipinski definition) is 3. The summed E-state index contributed by atoms with van der Waals surface area (Å²) >= 11 is 0. The lowest BCUT2D eigenvalue weighted by Gasteiger charge is -2.34. The number of allylic oxidation sites excluding steroid dienone is 2. The van der Waals surface area contributed by atoms with E-state index in [1.807, 2.05) is 6.08 Å². The Morgan fingerprint density at radius 1 is 0.431 bits per heavy atom. The van der Waals surface area contributed by atoms with Gasteiger partial charge in [0, 0.05) is 16.7 Å². The van der Waals surface area contributed by atoms with Crippen molar-refractivity contribution in [3.05, 3.63) is 240 Å². The average molecular weight is 742 g/mol. The van der Waals surface area contributed by atoms with Crippen molar-refractivity contribution in [2.24, 2.45) is 0 Å². The second-order valence-corrected chi connectivity index (χ2v) is 14.9. The fourth-order valence-electron chi connectivity index (χ4n) is 8.66. The zero-order valence-electron chi connectivity index (χ0n) is 32.2. The van der Waals surface area contributed by atoms with Crippen molar-refractivity contribution in [2.75, 3.05) is 0 Å². The van der Waals surface area contributed by atoms with Crippen LogP contribution in [0.1, 0.15) is 33.4 Å². The summed E-state index contributed by atoms with van der Waals surface area (Å²) in [6.45, 7) is 5.97. The Kier molecular flexibility index (Phi) is 8.77. The van der Waals surface area contributed by atoms with Crippen LogP contribution in [0.25, 0.3) is 73.3 Å². The highest BCUT2D eigenvalue weighted by Crippen LogP contribution is 2.56. The zero-order valence-corrected chi connectivity index (χ0v) is 32.2. The van der Waals surface area contributed by atoms with Crippen molar-refractivity contribution >= 4 is 16.8 Å². The third-order valence-electron chi connectivity index (χ3n) is 11.5. The minimum atomic E-state index is -0.456. The van der Waals surface area contributed by atoms with Gasteiger partial charge >= 0.3 is 0 Å². The maximum atomic E-state index is 5.11. The Labute approximate surface area is 339 Å². The van der Waals surface area contributed by atoms with Crippen molar-refractivity contribution in [2.45, 2.75) is 12.3 Å². The number of aromatic nitrogens is 3. The molecule has 10 rings (SSSR count). The number of aryl methyl sites for hydroxylation is 1. The predicted molar refractivity (Wildman–Crippen MR) is 240 cm³/mol. The van der Waals surface area contributed by atoms with E-state index in [1.165, 1.54) is 44.3 Å². The topological polar surface area (TPSA) is 38.7 Å². The molecule has 0 aliphatic heterocycles. The van der Waals surface area contributed by atoms with Crippen LogP contribution in [-0.2, 0) is 5.41 Å². The van der Waals surface area contributed by atoms with Crippen LogP contribution in [-0.4, -0.2) is 15.0 Å². The van der Waals surface area contributed by atoms with Gasteiger partial charge in [-0.3, -0.25) is 0 Å². The molecule has 0 fully saturated rings. The number of hydrogen-bond donors (Lipinski definition) is 0. The largest absolute Gasteiger partial charge is 0.208 e. The van der Waals surface area contributed by atoms with Crippen molar-refractivity contribution in [1.29, 1.82) is 0 Å². The molecule has 0 spiro atoms. The summed E-state index contributed by atoms with van der Waals surface area (Å²) in [6, 6.07) is 67.5. The number of rotatable bonds is 8. The van der Waals surface area contributed by atoms with Crippen molar-refractivity contribution in [3.8, 4) is 56.4 Å². The molecule has 0 atom stereocenters. The molecule has 0 N–H and O–H groups in total. The first-order chi connectivity index (χ1) is 28.6. The summed E-state index contributed by atoms with van der Waals surface area (Å²) in [4.78, 5) is 15.3. The van der Waals surface area contributed by atoms with Crippen molar-refractivity contribution < 1.29 is 0 Å². The highest BCUT2D eigenvalue weighted by atomic mass is 15.0. The van der Waals surface area contributed by atoms with Crippen LogP contribution >= 0.6 is 0 Å². The second kappa shape index (κ2) is 14.5. The number of nitrogens with zero attached hydrogens (tertiary/aromatic N) is 3. The SMILES string of the molecule is C=C/C=C\c1cc(-c2nc(-c3ccc(-c4ccc5c(c4)C(c4ccccc4)(c4ccccc4)c4ccccc4-5)cc3)nc(-c3ccc4ccccc4c3)n2)ccc1C. The molecule has 8 aromatic carbocycles. The Hall–Kier alpha value is -7.49. The summed E-state index contributed by atoms with van der Waals surface area (Å²) < 4.78 is 0.